The summed E-state index contributed by atoms with van der Waals surface area (Å²) in [4.78, 5) is 34.4. The molecule has 0 radical (unpaired) electrons. The first-order valence-electron chi connectivity index (χ1n) is 14.1. The van der Waals surface area contributed by atoms with Gasteiger partial charge >= 0.3 is 12.1 Å². The minimum absolute atomic E-state index is 0.0151. The van der Waals surface area contributed by atoms with Crippen molar-refractivity contribution >= 4 is 23.3 Å². The van der Waals surface area contributed by atoms with E-state index in [2.05, 4.69) is 17.4 Å². The number of carbonyl (C=O) groups excluding carboxylic acids is 1. The minimum atomic E-state index is -4.41. The quantitative estimate of drug-likeness (QED) is 0.408. The van der Waals surface area contributed by atoms with E-state index in [0.717, 1.165) is 18.9 Å². The Bertz CT molecular complexity index is 1390. The molecule has 1 aromatic carbocycles. The van der Waals surface area contributed by atoms with Crippen molar-refractivity contribution in [2.45, 2.75) is 70.6 Å². The molecule has 1 aliphatic heterocycles. The van der Waals surface area contributed by atoms with Crippen LogP contribution in [0, 0.1) is 17.8 Å². The van der Waals surface area contributed by atoms with Gasteiger partial charge in [0.05, 0.1) is 28.7 Å². The molecule has 6 nitrogen and oxygen atoms in total. The van der Waals surface area contributed by atoms with Gasteiger partial charge in [0.15, 0.2) is 0 Å². The largest absolute Gasteiger partial charge is 0.481 e. The Morgan fingerprint density at radius 1 is 1.17 bits per heavy atom. The molecule has 3 aliphatic carbocycles. The fraction of sp³-hybridized carbons (Fsp3) is 0.438. The second kappa shape index (κ2) is 11.6. The molecule has 9 heteroatoms. The van der Waals surface area contributed by atoms with E-state index >= 15 is 0 Å². The number of nitrogens with zero attached hydrogens (tertiary/aromatic N) is 2. The number of fused-ring (bicyclic) bond motifs is 2. The fourth-order valence-corrected chi connectivity index (χ4v) is 6.04. The molecule has 1 amide bonds. The molecule has 0 bridgehead atoms. The first kappa shape index (κ1) is 28.8. The Kier molecular flexibility index (Phi) is 8.16. The summed E-state index contributed by atoms with van der Waals surface area (Å²) in [5, 5.41) is 12.3. The zero-order valence-electron chi connectivity index (χ0n) is 23.1. The number of alkyl halides is 3. The number of aliphatic carboxylic acids is 1. The van der Waals surface area contributed by atoms with Crippen molar-refractivity contribution in [1.82, 2.24) is 5.32 Å². The summed E-state index contributed by atoms with van der Waals surface area (Å²) in [6.07, 6.45) is 5.80. The molecule has 0 spiro atoms. The third-order valence-corrected chi connectivity index (χ3v) is 8.21. The molecule has 4 aliphatic rings. The van der Waals surface area contributed by atoms with Crippen LogP contribution in [-0.4, -0.2) is 46.7 Å². The average Bonchev–Trinajstić information content (AvgIpc) is 3.33. The third-order valence-electron chi connectivity index (χ3n) is 8.21. The lowest BCUT2D eigenvalue weighted by Gasteiger charge is -2.32. The number of amides is 1. The standard InChI is InChI=1S/C32H34F3N3O3/c1-18(13-28(39)40)7-12-26-30(20-8-10-24(11-9-20)32(33,34)35)38-29-19(2)14-23(17-27(29)37-26)31(41)36-25-15-21-5-3-4-6-22(21)16-25/h3-6,8,10-11,14,17-20,25,29H,7,9,12-13,15-16H2,1-2H3,(H,36,41)(H,39,40)/t18?,19-,20?,29?/m0/s1. The molecular formula is C32H34F3N3O3. The Morgan fingerprint density at radius 3 is 2.49 bits per heavy atom. The second-order valence-corrected chi connectivity index (χ2v) is 11.5. The normalized spacial score (nSPS) is 24.7. The predicted molar refractivity (Wildman–Crippen MR) is 152 cm³/mol. The molecule has 1 heterocycles. The van der Waals surface area contributed by atoms with Crippen LogP contribution in [-0.2, 0) is 22.4 Å². The van der Waals surface area contributed by atoms with Crippen LogP contribution >= 0.6 is 0 Å². The van der Waals surface area contributed by atoms with E-state index in [1.54, 1.807) is 6.08 Å². The van der Waals surface area contributed by atoms with Crippen molar-refractivity contribution in [1.29, 1.82) is 0 Å². The maximum atomic E-state index is 13.3. The van der Waals surface area contributed by atoms with Crippen LogP contribution in [0.5, 0.6) is 0 Å². The second-order valence-electron chi connectivity index (χ2n) is 11.5. The van der Waals surface area contributed by atoms with Crippen molar-refractivity contribution in [3.8, 4) is 0 Å². The SMILES string of the molecule is CC(CCC1=NC2=CC(C(=O)NC3Cc4ccccc4C3)=C[C@H](C)C2N=C1C1C=CC(C(F)(F)F)=CC1)CC(=O)O. The number of nitrogens with one attached hydrogen (secondary N) is 1. The van der Waals surface area contributed by atoms with Gasteiger partial charge in [0, 0.05) is 29.9 Å². The van der Waals surface area contributed by atoms with E-state index in [-0.39, 0.29) is 48.6 Å². The van der Waals surface area contributed by atoms with Crippen LogP contribution in [0.4, 0.5) is 13.2 Å². The van der Waals surface area contributed by atoms with Crippen LogP contribution in [0.1, 0.15) is 50.7 Å². The van der Waals surface area contributed by atoms with Crippen LogP contribution in [0.25, 0.3) is 0 Å². The lowest BCUT2D eigenvalue weighted by Crippen LogP contribution is -2.38. The number of halogens is 3. The number of allylic oxidation sites excluding steroid dienone is 4. The lowest BCUT2D eigenvalue weighted by molar-refractivity contribution is -0.138. The molecule has 41 heavy (non-hydrogen) atoms. The zero-order valence-corrected chi connectivity index (χ0v) is 23.1. The smallest absolute Gasteiger partial charge is 0.416 e. The summed E-state index contributed by atoms with van der Waals surface area (Å²) in [7, 11) is 0. The highest BCUT2D eigenvalue weighted by atomic mass is 19.4. The van der Waals surface area contributed by atoms with E-state index in [9.17, 15) is 27.9 Å². The van der Waals surface area contributed by atoms with E-state index in [1.807, 2.05) is 32.1 Å². The molecule has 1 aromatic rings. The Balaban J connectivity index is 1.36. The van der Waals surface area contributed by atoms with Gasteiger partial charge in [0.1, 0.15) is 0 Å². The van der Waals surface area contributed by atoms with Crippen molar-refractivity contribution in [2.24, 2.45) is 27.7 Å². The minimum Gasteiger partial charge on any atom is -0.481 e. The summed E-state index contributed by atoms with van der Waals surface area (Å²) in [5.74, 6) is -1.66. The van der Waals surface area contributed by atoms with E-state index in [4.69, 9.17) is 9.98 Å². The summed E-state index contributed by atoms with van der Waals surface area (Å²) in [6, 6.07) is 7.85. The third kappa shape index (κ3) is 6.60. The van der Waals surface area contributed by atoms with Gasteiger partial charge in [0.25, 0.3) is 5.91 Å². The summed E-state index contributed by atoms with van der Waals surface area (Å²) in [6.45, 7) is 3.82. The first-order chi connectivity index (χ1) is 19.5. The lowest BCUT2D eigenvalue weighted by atomic mass is 9.83. The highest BCUT2D eigenvalue weighted by Crippen LogP contribution is 2.36. The predicted octanol–water partition coefficient (Wildman–Crippen LogP) is 5.95. The summed E-state index contributed by atoms with van der Waals surface area (Å²) >= 11 is 0. The van der Waals surface area contributed by atoms with Crippen LogP contribution in [0.15, 0.2) is 81.5 Å². The summed E-state index contributed by atoms with van der Waals surface area (Å²) < 4.78 is 39.6. The molecule has 0 saturated carbocycles. The molecule has 4 atom stereocenters. The van der Waals surface area contributed by atoms with E-state index < -0.39 is 17.7 Å². The van der Waals surface area contributed by atoms with Gasteiger partial charge in [-0.05, 0) is 55.2 Å². The maximum Gasteiger partial charge on any atom is 0.416 e. The molecule has 0 fully saturated rings. The van der Waals surface area contributed by atoms with Gasteiger partial charge in [-0.15, -0.1) is 0 Å². The Hall–Kier alpha value is -3.75. The molecule has 2 N–H and O–H groups in total. The number of rotatable bonds is 8. The van der Waals surface area contributed by atoms with E-state index in [1.165, 1.54) is 23.3 Å². The van der Waals surface area contributed by atoms with E-state index in [0.29, 0.717) is 35.5 Å². The van der Waals surface area contributed by atoms with Crippen LogP contribution in [0.3, 0.4) is 0 Å². The van der Waals surface area contributed by atoms with Crippen molar-refractivity contribution in [3.63, 3.8) is 0 Å². The van der Waals surface area contributed by atoms with Gasteiger partial charge in [-0.25, -0.2) is 0 Å². The number of carboxylic acid groups (broad SMARTS) is 1. The zero-order chi connectivity index (χ0) is 29.3. The maximum absolute atomic E-state index is 13.3. The molecule has 0 aromatic heterocycles. The Morgan fingerprint density at radius 2 is 1.88 bits per heavy atom. The number of benzene rings is 1. The van der Waals surface area contributed by atoms with Crippen LogP contribution < -0.4 is 5.32 Å². The van der Waals surface area contributed by atoms with Gasteiger partial charge in [-0.3, -0.25) is 19.6 Å². The monoisotopic (exact) mass is 565 g/mol. The molecule has 0 saturated heterocycles. The van der Waals surface area contributed by atoms with Gasteiger partial charge in [-0.1, -0.05) is 62.4 Å². The van der Waals surface area contributed by atoms with Crippen molar-refractivity contribution < 1.29 is 27.9 Å². The number of hydrogen-bond acceptors (Lipinski definition) is 4. The topological polar surface area (TPSA) is 91.1 Å². The fourth-order valence-electron chi connectivity index (χ4n) is 6.04. The van der Waals surface area contributed by atoms with Gasteiger partial charge in [0.2, 0.25) is 0 Å². The molecular weight excluding hydrogens is 531 g/mol. The molecule has 216 valence electrons. The highest BCUT2D eigenvalue weighted by molar-refractivity contribution is 6.44. The summed E-state index contributed by atoms with van der Waals surface area (Å²) in [5.41, 5.74) is 4.28. The van der Waals surface area contributed by atoms with Crippen molar-refractivity contribution in [2.75, 3.05) is 0 Å². The molecule has 3 unspecified atom stereocenters. The Labute approximate surface area is 237 Å². The van der Waals surface area contributed by atoms with Gasteiger partial charge in [-0.2, -0.15) is 13.2 Å². The number of carboxylic acids is 1. The number of carbonyl (C=O) groups is 2. The van der Waals surface area contributed by atoms with Gasteiger partial charge < -0.3 is 10.4 Å². The number of hydrogen-bond donors (Lipinski definition) is 2. The van der Waals surface area contributed by atoms with Crippen molar-refractivity contribution in [3.05, 3.63) is 82.6 Å². The average molecular weight is 566 g/mol. The highest BCUT2D eigenvalue weighted by Gasteiger charge is 2.37. The first-order valence-corrected chi connectivity index (χ1v) is 14.1. The van der Waals surface area contributed by atoms with Crippen LogP contribution in [0.2, 0.25) is 0 Å². The molecule has 5 rings (SSSR count). The number of aliphatic imine (C=N–C) groups is 2.